The molecule has 0 saturated heterocycles. The molecule has 0 aromatic rings. The molecule has 0 aromatic heterocycles. The Morgan fingerprint density at radius 3 is 0.739 bits per heavy atom. The van der Waals surface area contributed by atoms with E-state index in [0.717, 1.165) is 109 Å². The Kier molecular flexibility index (Phi) is 64.9. The van der Waals surface area contributed by atoms with E-state index in [9.17, 15) is 43.2 Å². The van der Waals surface area contributed by atoms with Crippen molar-refractivity contribution in [3.8, 4) is 0 Å². The van der Waals surface area contributed by atoms with E-state index in [1.165, 1.54) is 193 Å². The lowest BCUT2D eigenvalue weighted by Crippen LogP contribution is -2.30. The highest BCUT2D eigenvalue weighted by atomic mass is 31.2. The monoisotopic (exact) mass is 1350 g/mol. The van der Waals surface area contributed by atoms with E-state index in [4.69, 9.17) is 37.0 Å². The van der Waals surface area contributed by atoms with Crippen molar-refractivity contribution in [1.29, 1.82) is 0 Å². The molecule has 0 fully saturated rings. The van der Waals surface area contributed by atoms with Crippen molar-refractivity contribution in [1.82, 2.24) is 0 Å². The number of carbonyl (C=O) groups is 4. The second-order valence-electron chi connectivity index (χ2n) is 26.8. The molecule has 0 aliphatic carbocycles. The Hall–Kier alpha value is -1.94. The van der Waals surface area contributed by atoms with Gasteiger partial charge in [-0.25, -0.2) is 9.13 Å². The first-order valence-corrected chi connectivity index (χ1v) is 41.1. The van der Waals surface area contributed by atoms with Crippen molar-refractivity contribution in [2.75, 3.05) is 39.6 Å². The van der Waals surface area contributed by atoms with Crippen molar-refractivity contribution >= 4 is 39.5 Å². The lowest BCUT2D eigenvalue weighted by Gasteiger charge is -2.21. The number of aliphatic hydroxyl groups excluding tert-OH is 1. The highest BCUT2D eigenvalue weighted by Crippen LogP contribution is 2.45. The minimum absolute atomic E-state index is 0.106. The number of rotatable bonds is 73. The predicted molar refractivity (Wildman–Crippen MR) is 372 cm³/mol. The van der Waals surface area contributed by atoms with Crippen LogP contribution in [0, 0.1) is 5.92 Å². The molecule has 0 bridgehead atoms. The second kappa shape index (κ2) is 66.3. The molecule has 17 nitrogen and oxygen atoms in total. The molecule has 0 amide bonds. The van der Waals surface area contributed by atoms with Gasteiger partial charge in [-0.2, -0.15) is 0 Å². The standard InChI is InChI=1S/C73H142O17P2/c1-6-9-12-15-18-20-22-24-26-27-29-31-33-38-43-48-53-58-72(77)90-69(63-84-71(76)57-52-47-42-37-32-30-28-25-23-21-19-16-13-10-7-2)65-88-92(81,82)86-61-67(74)60-85-91(79,80)87-64-68(62-83-70(75)56-51-46-40-17-14-11-8-3)89-73(78)59-54-49-44-39-35-34-36-41-45-50-55-66(4)5/h66-69,74H,6-65H2,1-5H3,(H,79,80)(H,81,82)/t67-,68+,69+/m0/s1. The van der Waals surface area contributed by atoms with Crippen molar-refractivity contribution in [2.45, 2.75) is 400 Å². The van der Waals surface area contributed by atoms with Gasteiger partial charge in [0.2, 0.25) is 0 Å². The fraction of sp³-hybridized carbons (Fsp3) is 0.945. The zero-order chi connectivity index (χ0) is 67.7. The van der Waals surface area contributed by atoms with E-state index >= 15 is 0 Å². The molecule has 0 aromatic carbocycles. The summed E-state index contributed by atoms with van der Waals surface area (Å²) in [6.07, 6.45) is 54.2. The van der Waals surface area contributed by atoms with Gasteiger partial charge in [0.1, 0.15) is 19.3 Å². The van der Waals surface area contributed by atoms with E-state index in [1.54, 1.807) is 0 Å². The van der Waals surface area contributed by atoms with Gasteiger partial charge in [-0.05, 0) is 31.6 Å². The molecule has 3 N–H and O–H groups in total. The van der Waals surface area contributed by atoms with Gasteiger partial charge in [-0.15, -0.1) is 0 Å². The molecule has 546 valence electrons. The maximum absolute atomic E-state index is 13.1. The molecule has 0 rings (SSSR count). The van der Waals surface area contributed by atoms with E-state index in [0.29, 0.717) is 25.7 Å². The van der Waals surface area contributed by atoms with Gasteiger partial charge in [-0.1, -0.05) is 330 Å². The minimum atomic E-state index is -4.95. The summed E-state index contributed by atoms with van der Waals surface area (Å²) in [5.74, 6) is -1.37. The summed E-state index contributed by atoms with van der Waals surface area (Å²) >= 11 is 0. The average molecular weight is 1350 g/mol. The van der Waals surface area contributed by atoms with E-state index < -0.39 is 97.5 Å². The maximum atomic E-state index is 13.1. The third-order valence-corrected chi connectivity index (χ3v) is 18.9. The molecular formula is C73H142O17P2. The number of unbranched alkanes of at least 4 members (excludes halogenated alkanes) is 45. The fourth-order valence-corrected chi connectivity index (χ4v) is 12.8. The van der Waals surface area contributed by atoms with Gasteiger partial charge in [0.25, 0.3) is 0 Å². The summed E-state index contributed by atoms with van der Waals surface area (Å²) in [4.78, 5) is 72.6. The molecule has 92 heavy (non-hydrogen) atoms. The first-order valence-electron chi connectivity index (χ1n) is 38.1. The number of hydrogen-bond donors (Lipinski definition) is 3. The number of phosphoric acid groups is 2. The Bertz CT molecular complexity index is 1770. The number of phosphoric ester groups is 2. The van der Waals surface area contributed by atoms with Crippen LogP contribution in [0.25, 0.3) is 0 Å². The SMILES string of the molecule is CCCCCCCCCCCCCCCCCCCC(=O)O[C@H](COC(=O)CCCCCCCCCCCCCCCCC)COP(=O)(O)OC[C@@H](O)COP(=O)(O)OC[C@@H](COC(=O)CCCCCCCCC)OC(=O)CCCCCCCCCCCCC(C)C. The van der Waals surface area contributed by atoms with Gasteiger partial charge in [0.05, 0.1) is 26.4 Å². The first-order chi connectivity index (χ1) is 44.5. The fourth-order valence-electron chi connectivity index (χ4n) is 11.2. The summed E-state index contributed by atoms with van der Waals surface area (Å²) in [5, 5.41) is 10.6. The molecule has 0 radical (unpaired) electrons. The Balaban J connectivity index is 5.20. The van der Waals surface area contributed by atoms with Crippen LogP contribution in [0.5, 0.6) is 0 Å². The normalized spacial score (nSPS) is 14.0. The van der Waals surface area contributed by atoms with Crippen LogP contribution in [-0.4, -0.2) is 96.7 Å². The van der Waals surface area contributed by atoms with Gasteiger partial charge >= 0.3 is 39.5 Å². The van der Waals surface area contributed by atoms with Gasteiger partial charge < -0.3 is 33.8 Å². The molecule has 5 atom stereocenters. The van der Waals surface area contributed by atoms with Crippen molar-refractivity contribution < 1.29 is 80.2 Å². The van der Waals surface area contributed by atoms with Crippen LogP contribution in [0.2, 0.25) is 0 Å². The lowest BCUT2D eigenvalue weighted by molar-refractivity contribution is -0.161. The number of aliphatic hydroxyl groups is 1. The van der Waals surface area contributed by atoms with E-state index in [-0.39, 0.29) is 25.7 Å². The van der Waals surface area contributed by atoms with Crippen LogP contribution in [0.1, 0.15) is 381 Å². The van der Waals surface area contributed by atoms with Crippen molar-refractivity contribution in [3.05, 3.63) is 0 Å². The Morgan fingerprint density at radius 2 is 0.500 bits per heavy atom. The Morgan fingerprint density at radius 1 is 0.293 bits per heavy atom. The molecule has 2 unspecified atom stereocenters. The molecule has 0 aliphatic rings. The summed E-state index contributed by atoms with van der Waals surface area (Å²) in [7, 11) is -9.90. The number of hydrogen-bond acceptors (Lipinski definition) is 15. The van der Waals surface area contributed by atoms with Crippen LogP contribution in [0.3, 0.4) is 0 Å². The molecule has 0 heterocycles. The second-order valence-corrected chi connectivity index (χ2v) is 29.7. The number of esters is 4. The minimum Gasteiger partial charge on any atom is -0.462 e. The predicted octanol–water partition coefficient (Wildman–Crippen LogP) is 21.3. The van der Waals surface area contributed by atoms with Crippen LogP contribution in [0.15, 0.2) is 0 Å². The smallest absolute Gasteiger partial charge is 0.462 e. The Labute approximate surface area is 562 Å². The maximum Gasteiger partial charge on any atom is 0.472 e. The third kappa shape index (κ3) is 66.7. The first kappa shape index (κ1) is 90.1. The highest BCUT2D eigenvalue weighted by Gasteiger charge is 2.30. The van der Waals surface area contributed by atoms with Crippen molar-refractivity contribution in [2.24, 2.45) is 5.92 Å². The van der Waals surface area contributed by atoms with Gasteiger partial charge in [0.15, 0.2) is 12.2 Å². The van der Waals surface area contributed by atoms with Crippen LogP contribution >= 0.6 is 15.6 Å². The molecule has 0 saturated carbocycles. The third-order valence-electron chi connectivity index (χ3n) is 17.0. The lowest BCUT2D eigenvalue weighted by atomic mass is 10.0. The molecular weight excluding hydrogens is 1210 g/mol. The quantitative estimate of drug-likeness (QED) is 0.0222. The summed E-state index contributed by atoms with van der Waals surface area (Å²) in [6, 6.07) is 0. The number of carbonyl (C=O) groups excluding carboxylic acids is 4. The molecule has 19 heteroatoms. The van der Waals surface area contributed by atoms with Crippen LogP contribution in [0.4, 0.5) is 0 Å². The van der Waals surface area contributed by atoms with Crippen LogP contribution in [-0.2, 0) is 65.4 Å². The van der Waals surface area contributed by atoms with E-state index in [1.807, 2.05) is 0 Å². The average Bonchev–Trinajstić information content (AvgIpc) is 3.15. The summed E-state index contributed by atoms with van der Waals surface area (Å²) in [6.45, 7) is 7.23. The zero-order valence-electron chi connectivity index (χ0n) is 59.7. The topological polar surface area (TPSA) is 237 Å². The zero-order valence-corrected chi connectivity index (χ0v) is 61.5. The summed E-state index contributed by atoms with van der Waals surface area (Å²) in [5.41, 5.74) is 0. The van der Waals surface area contributed by atoms with E-state index in [2.05, 4.69) is 34.6 Å². The van der Waals surface area contributed by atoms with Gasteiger partial charge in [-0.3, -0.25) is 37.3 Å². The largest absolute Gasteiger partial charge is 0.472 e. The number of ether oxygens (including phenoxy) is 4. The summed E-state index contributed by atoms with van der Waals surface area (Å²) < 4.78 is 68.3. The van der Waals surface area contributed by atoms with Crippen molar-refractivity contribution in [3.63, 3.8) is 0 Å². The molecule has 0 spiro atoms. The van der Waals surface area contributed by atoms with Crippen LogP contribution < -0.4 is 0 Å². The van der Waals surface area contributed by atoms with Gasteiger partial charge in [0, 0.05) is 25.7 Å². The molecule has 0 aliphatic heterocycles. The highest BCUT2D eigenvalue weighted by molar-refractivity contribution is 7.47.